The first kappa shape index (κ1) is 18.2. The maximum absolute atomic E-state index is 14.3. The fraction of sp³-hybridized carbons (Fsp3) is 0.300. The summed E-state index contributed by atoms with van der Waals surface area (Å²) in [5.74, 6) is 0.0141. The van der Waals surface area contributed by atoms with Crippen molar-refractivity contribution < 1.29 is 9.18 Å². The molecule has 2 aromatic heterocycles. The Morgan fingerprint density at radius 1 is 1.32 bits per heavy atom. The summed E-state index contributed by atoms with van der Waals surface area (Å²) in [5.41, 5.74) is 9.16. The van der Waals surface area contributed by atoms with Crippen molar-refractivity contribution in [3.8, 4) is 11.3 Å². The molecule has 1 aliphatic rings. The summed E-state index contributed by atoms with van der Waals surface area (Å²) in [7, 11) is 1.65. The van der Waals surface area contributed by atoms with Gasteiger partial charge >= 0.3 is 0 Å². The van der Waals surface area contributed by atoms with Crippen LogP contribution in [0.1, 0.15) is 12.0 Å². The molecule has 8 heteroatoms. The highest BCUT2D eigenvalue weighted by Crippen LogP contribution is 2.26. The number of anilines is 1. The summed E-state index contributed by atoms with van der Waals surface area (Å²) in [6, 6.07) is 8.49. The molecule has 28 heavy (non-hydrogen) atoms. The van der Waals surface area contributed by atoms with E-state index in [2.05, 4.69) is 25.2 Å². The molecule has 0 saturated carbocycles. The number of nitrogens with one attached hydrogen (secondary N) is 1. The zero-order valence-electron chi connectivity index (χ0n) is 15.5. The van der Waals surface area contributed by atoms with Gasteiger partial charge in [-0.3, -0.25) is 9.69 Å². The van der Waals surface area contributed by atoms with E-state index in [4.69, 9.17) is 5.73 Å². The third-order valence-electron chi connectivity index (χ3n) is 5.06. The van der Waals surface area contributed by atoms with Gasteiger partial charge < -0.3 is 11.1 Å². The highest BCUT2D eigenvalue weighted by molar-refractivity contribution is 5.85. The van der Waals surface area contributed by atoms with Crippen LogP contribution in [0.5, 0.6) is 0 Å². The van der Waals surface area contributed by atoms with E-state index in [9.17, 15) is 9.18 Å². The topological polar surface area (TPSA) is 97.0 Å². The zero-order chi connectivity index (χ0) is 19.7. The molecule has 0 radical (unpaired) electrons. The van der Waals surface area contributed by atoms with Gasteiger partial charge in [0.25, 0.3) is 0 Å². The third kappa shape index (κ3) is 3.63. The summed E-state index contributed by atoms with van der Waals surface area (Å²) in [5, 5.41) is 2.70. The van der Waals surface area contributed by atoms with Gasteiger partial charge in [-0.2, -0.15) is 0 Å². The highest BCUT2D eigenvalue weighted by Gasteiger charge is 2.27. The number of nitrogens with zero attached hydrogens (tertiary/aromatic N) is 4. The Labute approximate surface area is 161 Å². The minimum absolute atomic E-state index is 0.0110. The second-order valence-electron chi connectivity index (χ2n) is 7.01. The van der Waals surface area contributed by atoms with Gasteiger partial charge in [0, 0.05) is 25.7 Å². The molecule has 1 aromatic carbocycles. The minimum atomic E-state index is -0.325. The molecule has 144 valence electrons. The van der Waals surface area contributed by atoms with Crippen LogP contribution in [0.3, 0.4) is 0 Å². The molecule has 3 aromatic rings. The van der Waals surface area contributed by atoms with Crippen LogP contribution < -0.4 is 11.1 Å². The van der Waals surface area contributed by atoms with Gasteiger partial charge in [-0.05, 0) is 48.9 Å². The SMILES string of the molecule is CNC(=O)C1CCN(Cc2cc(F)cc(-c3ccc4ncnc(N)c4n3)c2)C1. The molecule has 1 unspecified atom stereocenters. The van der Waals surface area contributed by atoms with Crippen LogP contribution in [0.2, 0.25) is 0 Å². The first-order valence-corrected chi connectivity index (χ1v) is 9.14. The van der Waals surface area contributed by atoms with Gasteiger partial charge in [0.05, 0.1) is 17.1 Å². The average Bonchev–Trinajstić information content (AvgIpc) is 3.15. The molecule has 3 N–H and O–H groups in total. The number of likely N-dealkylation sites (tertiary alicyclic amines) is 1. The van der Waals surface area contributed by atoms with E-state index >= 15 is 0 Å². The predicted molar refractivity (Wildman–Crippen MR) is 105 cm³/mol. The number of pyridine rings is 1. The molecule has 1 aliphatic heterocycles. The molecule has 0 bridgehead atoms. The Morgan fingerprint density at radius 3 is 3.00 bits per heavy atom. The number of amides is 1. The average molecular weight is 380 g/mol. The van der Waals surface area contributed by atoms with Crippen LogP contribution in [0.4, 0.5) is 10.2 Å². The molecule has 0 spiro atoms. The maximum Gasteiger partial charge on any atom is 0.224 e. The number of nitrogens with two attached hydrogens (primary N) is 1. The molecule has 4 rings (SSSR count). The number of carbonyl (C=O) groups excluding carboxylic acids is 1. The fourth-order valence-corrected chi connectivity index (χ4v) is 3.66. The molecule has 1 fully saturated rings. The van der Waals surface area contributed by atoms with Crippen molar-refractivity contribution >= 4 is 22.8 Å². The summed E-state index contributed by atoms with van der Waals surface area (Å²) < 4.78 is 14.3. The van der Waals surface area contributed by atoms with Gasteiger partial charge in [-0.1, -0.05) is 0 Å². The number of hydrogen-bond acceptors (Lipinski definition) is 6. The molecule has 1 atom stereocenters. The molecular weight excluding hydrogens is 359 g/mol. The lowest BCUT2D eigenvalue weighted by Gasteiger charge is -2.16. The second-order valence-corrected chi connectivity index (χ2v) is 7.01. The van der Waals surface area contributed by atoms with Crippen molar-refractivity contribution in [3.05, 3.63) is 48.0 Å². The summed E-state index contributed by atoms with van der Waals surface area (Å²) in [6.45, 7) is 2.07. The number of rotatable bonds is 4. The molecule has 1 saturated heterocycles. The normalized spacial score (nSPS) is 17.1. The van der Waals surface area contributed by atoms with E-state index in [-0.39, 0.29) is 17.6 Å². The van der Waals surface area contributed by atoms with Gasteiger partial charge in [0.2, 0.25) is 5.91 Å². The molecule has 3 heterocycles. The molecule has 7 nitrogen and oxygen atoms in total. The van der Waals surface area contributed by atoms with E-state index in [1.54, 1.807) is 19.2 Å². The van der Waals surface area contributed by atoms with E-state index in [0.717, 1.165) is 18.5 Å². The second kappa shape index (κ2) is 7.47. The quantitative estimate of drug-likeness (QED) is 0.718. The molecular formula is C20H21FN6O. The van der Waals surface area contributed by atoms with E-state index in [0.29, 0.717) is 41.2 Å². The number of carbonyl (C=O) groups is 1. The van der Waals surface area contributed by atoms with Crippen LogP contribution in [-0.4, -0.2) is 45.9 Å². The standard InChI is InChI=1S/C20H21FN6O/c1-23-20(28)13-4-5-27(10-13)9-12-6-14(8-15(21)7-12)16-2-3-17-18(26-16)19(22)25-11-24-17/h2-3,6-8,11,13H,4-5,9-10H2,1H3,(H,23,28)(H2,22,24,25). The number of aromatic nitrogens is 3. The Morgan fingerprint density at radius 2 is 2.18 bits per heavy atom. The van der Waals surface area contributed by atoms with Gasteiger partial charge in [-0.15, -0.1) is 0 Å². The van der Waals surface area contributed by atoms with Crippen LogP contribution in [0.15, 0.2) is 36.7 Å². The number of hydrogen-bond donors (Lipinski definition) is 2. The summed E-state index contributed by atoms with van der Waals surface area (Å²) >= 11 is 0. The Bertz CT molecular complexity index is 1040. The zero-order valence-corrected chi connectivity index (χ0v) is 15.5. The van der Waals surface area contributed by atoms with Crippen molar-refractivity contribution in [1.82, 2.24) is 25.2 Å². The highest BCUT2D eigenvalue weighted by atomic mass is 19.1. The fourth-order valence-electron chi connectivity index (χ4n) is 3.66. The number of halogens is 1. The molecule has 0 aliphatic carbocycles. The Hall–Kier alpha value is -3.13. The van der Waals surface area contributed by atoms with Crippen LogP contribution in [-0.2, 0) is 11.3 Å². The third-order valence-corrected chi connectivity index (χ3v) is 5.06. The van der Waals surface area contributed by atoms with Crippen molar-refractivity contribution in [3.63, 3.8) is 0 Å². The number of nitrogen functional groups attached to an aromatic ring is 1. The monoisotopic (exact) mass is 380 g/mol. The smallest absolute Gasteiger partial charge is 0.224 e. The predicted octanol–water partition coefficient (Wildman–Crippen LogP) is 1.98. The first-order valence-electron chi connectivity index (χ1n) is 9.14. The lowest BCUT2D eigenvalue weighted by molar-refractivity contribution is -0.124. The van der Waals surface area contributed by atoms with Gasteiger partial charge in [-0.25, -0.2) is 19.3 Å². The van der Waals surface area contributed by atoms with Crippen molar-refractivity contribution in [1.29, 1.82) is 0 Å². The van der Waals surface area contributed by atoms with Crippen molar-refractivity contribution in [2.45, 2.75) is 13.0 Å². The Kier molecular flexibility index (Phi) is 4.87. The lowest BCUT2D eigenvalue weighted by atomic mass is 10.1. The van der Waals surface area contributed by atoms with Crippen LogP contribution >= 0.6 is 0 Å². The Balaban J connectivity index is 1.59. The summed E-state index contributed by atoms with van der Waals surface area (Å²) in [6.07, 6.45) is 2.20. The van der Waals surface area contributed by atoms with Crippen LogP contribution in [0, 0.1) is 11.7 Å². The van der Waals surface area contributed by atoms with Gasteiger partial charge in [0.1, 0.15) is 17.7 Å². The van der Waals surface area contributed by atoms with E-state index < -0.39 is 0 Å². The first-order chi connectivity index (χ1) is 13.5. The van der Waals surface area contributed by atoms with Crippen molar-refractivity contribution in [2.24, 2.45) is 5.92 Å². The van der Waals surface area contributed by atoms with Crippen LogP contribution in [0.25, 0.3) is 22.3 Å². The summed E-state index contributed by atoms with van der Waals surface area (Å²) in [4.78, 5) is 26.6. The largest absolute Gasteiger partial charge is 0.382 e. The van der Waals surface area contributed by atoms with E-state index in [1.807, 2.05) is 6.07 Å². The molecule has 1 amide bonds. The maximum atomic E-state index is 14.3. The van der Waals surface area contributed by atoms with Gasteiger partial charge in [0.15, 0.2) is 5.82 Å². The van der Waals surface area contributed by atoms with E-state index in [1.165, 1.54) is 18.5 Å². The number of fused-ring (bicyclic) bond motifs is 1. The number of benzene rings is 1. The lowest BCUT2D eigenvalue weighted by Crippen LogP contribution is -2.30. The minimum Gasteiger partial charge on any atom is -0.382 e. The van der Waals surface area contributed by atoms with Crippen molar-refractivity contribution in [2.75, 3.05) is 25.9 Å².